The van der Waals surface area contributed by atoms with Gasteiger partial charge in [-0.05, 0) is 18.4 Å². The lowest BCUT2D eigenvalue weighted by atomic mass is 9.88. The smallest absolute Gasteiger partial charge is 0.231 e. The van der Waals surface area contributed by atoms with E-state index in [4.69, 9.17) is 9.26 Å². The van der Waals surface area contributed by atoms with Crippen LogP contribution in [0.5, 0.6) is 5.75 Å². The summed E-state index contributed by atoms with van der Waals surface area (Å²) < 4.78 is 11.0. The summed E-state index contributed by atoms with van der Waals surface area (Å²) in [5, 5.41) is 13.8. The normalized spacial score (nSPS) is 13.3. The number of phenols is 1. The Hall–Kier alpha value is -1.88. The molecule has 0 aliphatic rings. The van der Waals surface area contributed by atoms with Crippen LogP contribution in [0.15, 0.2) is 28.8 Å². The number of hydrogen-bond acceptors (Lipinski definition) is 5. The maximum Gasteiger partial charge on any atom is 0.231 e. The summed E-state index contributed by atoms with van der Waals surface area (Å²) in [6.07, 6.45) is 0.187. The van der Waals surface area contributed by atoms with Crippen molar-refractivity contribution in [3.05, 3.63) is 41.5 Å². The van der Waals surface area contributed by atoms with Crippen LogP contribution in [-0.2, 0) is 11.2 Å². The molecule has 1 atom stereocenters. The van der Waals surface area contributed by atoms with Crippen molar-refractivity contribution in [2.45, 2.75) is 40.2 Å². The fourth-order valence-electron chi connectivity index (χ4n) is 2.15. The van der Waals surface area contributed by atoms with E-state index in [-0.39, 0.29) is 17.3 Å². The van der Waals surface area contributed by atoms with Crippen molar-refractivity contribution < 1.29 is 14.4 Å². The number of aromatic nitrogens is 2. The molecule has 1 heterocycles. The van der Waals surface area contributed by atoms with Gasteiger partial charge in [0.2, 0.25) is 11.7 Å². The highest BCUT2D eigenvalue weighted by Gasteiger charge is 2.31. The minimum Gasteiger partial charge on any atom is -0.508 e. The molecule has 0 aliphatic heterocycles. The van der Waals surface area contributed by atoms with Crippen molar-refractivity contribution in [3.8, 4) is 5.75 Å². The third kappa shape index (κ3) is 3.82. The van der Waals surface area contributed by atoms with Gasteiger partial charge in [-0.3, -0.25) is 0 Å². The lowest BCUT2D eigenvalue weighted by molar-refractivity contribution is -0.0203. The largest absolute Gasteiger partial charge is 0.508 e. The second-order valence-corrected chi connectivity index (χ2v) is 6.05. The van der Waals surface area contributed by atoms with Gasteiger partial charge in [0.1, 0.15) is 11.9 Å². The molecular weight excluding hydrogens is 268 g/mol. The summed E-state index contributed by atoms with van der Waals surface area (Å²) in [6.45, 7) is 8.76. The van der Waals surface area contributed by atoms with E-state index in [1.165, 1.54) is 0 Å². The Morgan fingerprint density at radius 2 is 2.00 bits per heavy atom. The van der Waals surface area contributed by atoms with E-state index >= 15 is 0 Å². The summed E-state index contributed by atoms with van der Waals surface area (Å²) in [7, 11) is 0. The molecule has 0 bridgehead atoms. The molecule has 2 aromatic rings. The Morgan fingerprint density at radius 1 is 1.29 bits per heavy atom. The topological polar surface area (TPSA) is 68.4 Å². The average molecular weight is 290 g/mol. The number of rotatable bonds is 5. The molecule has 0 saturated carbocycles. The van der Waals surface area contributed by atoms with Crippen LogP contribution in [0, 0.1) is 5.41 Å². The third-order valence-electron chi connectivity index (χ3n) is 3.17. The monoisotopic (exact) mass is 290 g/mol. The van der Waals surface area contributed by atoms with Gasteiger partial charge in [0.05, 0.1) is 6.42 Å². The van der Waals surface area contributed by atoms with Crippen LogP contribution in [0.4, 0.5) is 0 Å². The molecule has 5 nitrogen and oxygen atoms in total. The van der Waals surface area contributed by atoms with Gasteiger partial charge < -0.3 is 14.4 Å². The first-order valence-corrected chi connectivity index (χ1v) is 7.12. The highest BCUT2D eigenvalue weighted by Crippen LogP contribution is 2.34. The molecule has 1 aromatic carbocycles. The number of hydrogen-bond donors (Lipinski definition) is 1. The van der Waals surface area contributed by atoms with Crippen LogP contribution in [0.2, 0.25) is 0 Å². The first-order chi connectivity index (χ1) is 9.91. The van der Waals surface area contributed by atoms with Crippen molar-refractivity contribution in [1.29, 1.82) is 0 Å². The summed E-state index contributed by atoms with van der Waals surface area (Å²) in [4.78, 5) is 4.42. The van der Waals surface area contributed by atoms with Gasteiger partial charge in [-0.25, -0.2) is 0 Å². The molecule has 1 unspecified atom stereocenters. The molecule has 1 N–H and O–H groups in total. The highest BCUT2D eigenvalue weighted by molar-refractivity contribution is 5.33. The molecule has 0 spiro atoms. The van der Waals surface area contributed by atoms with Gasteiger partial charge in [-0.1, -0.05) is 44.1 Å². The predicted octanol–water partition coefficient (Wildman–Crippen LogP) is 3.49. The predicted molar refractivity (Wildman–Crippen MR) is 79.0 cm³/mol. The van der Waals surface area contributed by atoms with Crippen LogP contribution >= 0.6 is 0 Å². The van der Waals surface area contributed by atoms with Crippen molar-refractivity contribution in [2.75, 3.05) is 6.61 Å². The Morgan fingerprint density at radius 3 is 2.62 bits per heavy atom. The number of nitrogens with zero attached hydrogens (tertiary/aromatic N) is 2. The molecular formula is C16H22N2O3. The standard InChI is InChI=1S/C16H22N2O3/c1-5-20-14(16(2,3)4)15-17-13(21-18-15)10-11-8-6-7-9-12(11)19/h6-9,14,19H,5,10H2,1-4H3. The molecule has 21 heavy (non-hydrogen) atoms. The number of phenolic OH excluding ortho intramolecular Hbond substituents is 1. The minimum absolute atomic E-state index is 0.119. The summed E-state index contributed by atoms with van der Waals surface area (Å²) in [5.41, 5.74) is 0.642. The van der Waals surface area contributed by atoms with E-state index in [1.807, 2.05) is 19.1 Å². The van der Waals surface area contributed by atoms with Gasteiger partial charge in [0.25, 0.3) is 0 Å². The molecule has 0 fully saturated rings. The SMILES string of the molecule is CCOC(c1noc(Cc2ccccc2O)n1)C(C)(C)C. The summed E-state index contributed by atoms with van der Waals surface area (Å²) in [6, 6.07) is 7.13. The fraction of sp³-hybridized carbons (Fsp3) is 0.500. The zero-order chi connectivity index (χ0) is 15.5. The molecule has 2 rings (SSSR count). The second-order valence-electron chi connectivity index (χ2n) is 6.05. The van der Waals surface area contributed by atoms with E-state index in [2.05, 4.69) is 30.9 Å². The average Bonchev–Trinajstić information content (AvgIpc) is 2.85. The van der Waals surface area contributed by atoms with E-state index in [9.17, 15) is 5.11 Å². The first-order valence-electron chi connectivity index (χ1n) is 7.12. The van der Waals surface area contributed by atoms with Crippen LogP contribution in [-0.4, -0.2) is 21.9 Å². The van der Waals surface area contributed by atoms with Gasteiger partial charge in [0, 0.05) is 12.2 Å². The van der Waals surface area contributed by atoms with Crippen LogP contribution < -0.4 is 0 Å². The maximum absolute atomic E-state index is 9.79. The van der Waals surface area contributed by atoms with Crippen LogP contribution in [0.1, 0.15) is 51.1 Å². The van der Waals surface area contributed by atoms with Gasteiger partial charge in [-0.15, -0.1) is 0 Å². The lowest BCUT2D eigenvalue weighted by Gasteiger charge is -2.27. The summed E-state index contributed by atoms with van der Waals surface area (Å²) in [5.74, 6) is 1.25. The Bertz CT molecular complexity index is 587. The first kappa shape index (κ1) is 15.5. The molecule has 0 aliphatic carbocycles. The maximum atomic E-state index is 9.79. The van der Waals surface area contributed by atoms with Crippen molar-refractivity contribution in [2.24, 2.45) is 5.41 Å². The van der Waals surface area contributed by atoms with E-state index in [0.717, 1.165) is 5.56 Å². The van der Waals surface area contributed by atoms with E-state index < -0.39 is 0 Å². The fourth-order valence-corrected chi connectivity index (χ4v) is 2.15. The molecule has 0 radical (unpaired) electrons. The number of benzene rings is 1. The van der Waals surface area contributed by atoms with Crippen LogP contribution in [0.3, 0.4) is 0 Å². The zero-order valence-corrected chi connectivity index (χ0v) is 13.0. The van der Waals surface area contributed by atoms with Gasteiger partial charge >= 0.3 is 0 Å². The number of aromatic hydroxyl groups is 1. The summed E-state index contributed by atoms with van der Waals surface area (Å²) >= 11 is 0. The number of para-hydroxylation sites is 1. The highest BCUT2D eigenvalue weighted by atomic mass is 16.5. The molecule has 5 heteroatoms. The van der Waals surface area contributed by atoms with Crippen LogP contribution in [0.25, 0.3) is 0 Å². The molecule has 0 saturated heterocycles. The lowest BCUT2D eigenvalue weighted by Crippen LogP contribution is -2.22. The van der Waals surface area contributed by atoms with Gasteiger partial charge in [0.15, 0.2) is 0 Å². The zero-order valence-electron chi connectivity index (χ0n) is 13.0. The van der Waals surface area contributed by atoms with E-state index in [1.54, 1.807) is 12.1 Å². The molecule has 0 amide bonds. The molecule has 1 aromatic heterocycles. The Balaban J connectivity index is 2.19. The molecule has 114 valence electrons. The third-order valence-corrected chi connectivity index (χ3v) is 3.17. The van der Waals surface area contributed by atoms with Crippen molar-refractivity contribution in [3.63, 3.8) is 0 Å². The van der Waals surface area contributed by atoms with E-state index in [0.29, 0.717) is 24.7 Å². The minimum atomic E-state index is -0.218. The Labute approximate surface area is 125 Å². The van der Waals surface area contributed by atoms with Gasteiger partial charge in [-0.2, -0.15) is 4.98 Å². The Kier molecular flexibility index (Phi) is 4.63. The van der Waals surface area contributed by atoms with Crippen molar-refractivity contribution >= 4 is 0 Å². The quantitative estimate of drug-likeness (QED) is 0.913. The van der Waals surface area contributed by atoms with Crippen molar-refractivity contribution in [1.82, 2.24) is 10.1 Å². The number of ether oxygens (including phenoxy) is 1. The second kappa shape index (κ2) is 6.26.